The number of non-ortho nitro benzene ring substituents is 1. The number of thioether (sulfide) groups is 1. The van der Waals surface area contributed by atoms with Crippen LogP contribution in [0, 0.1) is 10.1 Å². The first-order valence-corrected chi connectivity index (χ1v) is 9.26. The van der Waals surface area contributed by atoms with Crippen molar-refractivity contribution in [3.8, 4) is 0 Å². The highest BCUT2D eigenvalue weighted by molar-refractivity contribution is 7.99. The van der Waals surface area contributed by atoms with Crippen LogP contribution in [0.15, 0.2) is 60.0 Å². The van der Waals surface area contributed by atoms with Gasteiger partial charge in [0.15, 0.2) is 0 Å². The number of benzene rings is 2. The van der Waals surface area contributed by atoms with Crippen LogP contribution in [0.25, 0.3) is 0 Å². The van der Waals surface area contributed by atoms with Crippen LogP contribution in [0.3, 0.4) is 0 Å². The number of hydrogen-bond donors (Lipinski definition) is 0. The van der Waals surface area contributed by atoms with Crippen LogP contribution in [-0.4, -0.2) is 32.1 Å². The van der Waals surface area contributed by atoms with Gasteiger partial charge < -0.3 is 4.90 Å². The molecule has 0 radical (unpaired) electrons. The van der Waals surface area contributed by atoms with Gasteiger partial charge in [0.25, 0.3) is 5.69 Å². The first-order valence-electron chi connectivity index (χ1n) is 8.27. The lowest BCUT2D eigenvalue weighted by Gasteiger charge is -2.20. The highest BCUT2D eigenvalue weighted by Gasteiger charge is 2.23. The summed E-state index contributed by atoms with van der Waals surface area (Å²) in [4.78, 5) is 18.2. The van der Waals surface area contributed by atoms with E-state index in [1.807, 2.05) is 11.8 Å². The molecule has 0 saturated carbocycles. The van der Waals surface area contributed by atoms with E-state index in [4.69, 9.17) is 0 Å². The predicted octanol–water partition coefficient (Wildman–Crippen LogP) is 3.71. The molecular weight excluding hydrogens is 350 g/mol. The number of rotatable bonds is 5. The summed E-state index contributed by atoms with van der Waals surface area (Å²) in [6, 6.07) is 12.9. The number of nitro groups is 1. The Kier molecular flexibility index (Phi) is 4.34. The van der Waals surface area contributed by atoms with E-state index in [2.05, 4.69) is 40.1 Å². The molecule has 0 aliphatic carbocycles. The minimum atomic E-state index is -0.389. The summed E-state index contributed by atoms with van der Waals surface area (Å²) in [7, 11) is 0. The third kappa shape index (κ3) is 2.92. The Morgan fingerprint density at radius 3 is 2.65 bits per heavy atom. The van der Waals surface area contributed by atoms with E-state index in [1.165, 1.54) is 29.0 Å². The highest BCUT2D eigenvalue weighted by atomic mass is 32.2. The van der Waals surface area contributed by atoms with Crippen LogP contribution in [0.1, 0.15) is 24.1 Å². The van der Waals surface area contributed by atoms with E-state index in [9.17, 15) is 10.1 Å². The van der Waals surface area contributed by atoms with Crippen LogP contribution in [0.4, 0.5) is 11.4 Å². The average Bonchev–Trinajstić information content (AvgIpc) is 3.32. The molecule has 3 aromatic rings. The minimum Gasteiger partial charge on any atom is -0.361 e. The molecule has 1 aliphatic heterocycles. The van der Waals surface area contributed by atoms with Gasteiger partial charge in [0.05, 0.1) is 16.5 Å². The smallest absolute Gasteiger partial charge is 0.269 e. The number of hydrogen-bond acceptors (Lipinski definition) is 6. The quantitative estimate of drug-likeness (QED) is 0.505. The van der Waals surface area contributed by atoms with Gasteiger partial charge in [-0.2, -0.15) is 5.10 Å². The molecule has 1 aromatic heterocycles. The molecule has 132 valence electrons. The van der Waals surface area contributed by atoms with Crippen LogP contribution < -0.4 is 4.90 Å². The van der Waals surface area contributed by atoms with Crippen LogP contribution in [0.2, 0.25) is 0 Å². The first-order chi connectivity index (χ1) is 12.7. The lowest BCUT2D eigenvalue weighted by Crippen LogP contribution is -2.18. The zero-order valence-electron chi connectivity index (χ0n) is 14.1. The summed E-state index contributed by atoms with van der Waals surface area (Å²) in [5.41, 5.74) is 3.33. The molecule has 0 fully saturated rings. The molecule has 26 heavy (non-hydrogen) atoms. The molecule has 0 N–H and O–H groups in total. The summed E-state index contributed by atoms with van der Waals surface area (Å²) in [6.45, 7) is 3.13. The van der Waals surface area contributed by atoms with Crippen molar-refractivity contribution in [3.05, 3.63) is 76.4 Å². The largest absolute Gasteiger partial charge is 0.361 e. The van der Waals surface area contributed by atoms with Crippen molar-refractivity contribution >= 4 is 23.1 Å². The fraction of sp³-hybridized carbons (Fsp3) is 0.222. The van der Waals surface area contributed by atoms with Gasteiger partial charge in [-0.25, -0.2) is 9.67 Å². The van der Waals surface area contributed by atoms with E-state index in [0.29, 0.717) is 0 Å². The summed E-state index contributed by atoms with van der Waals surface area (Å²) in [5.74, 6) is 0.959. The van der Waals surface area contributed by atoms with E-state index in [1.54, 1.807) is 23.1 Å². The monoisotopic (exact) mass is 367 g/mol. The van der Waals surface area contributed by atoms with Crippen LogP contribution in [-0.2, 0) is 0 Å². The van der Waals surface area contributed by atoms with Crippen LogP contribution >= 0.6 is 11.8 Å². The normalized spacial score (nSPS) is 14.3. The highest BCUT2D eigenvalue weighted by Crippen LogP contribution is 2.41. The molecule has 1 atom stereocenters. The van der Waals surface area contributed by atoms with E-state index >= 15 is 0 Å². The molecule has 2 heterocycles. The topological polar surface area (TPSA) is 77.1 Å². The zero-order valence-corrected chi connectivity index (χ0v) is 15.0. The molecule has 7 nitrogen and oxygen atoms in total. The summed E-state index contributed by atoms with van der Waals surface area (Å²) >= 11 is 1.82. The molecule has 1 unspecified atom stereocenters. The van der Waals surface area contributed by atoms with E-state index in [0.717, 1.165) is 23.5 Å². The number of nitro benzene ring substituents is 1. The maximum absolute atomic E-state index is 10.9. The van der Waals surface area contributed by atoms with Crippen molar-refractivity contribution in [2.45, 2.75) is 17.9 Å². The van der Waals surface area contributed by atoms with Crippen molar-refractivity contribution < 1.29 is 4.92 Å². The van der Waals surface area contributed by atoms with Gasteiger partial charge in [-0.3, -0.25) is 10.1 Å². The Bertz CT molecular complexity index is 927. The van der Waals surface area contributed by atoms with Gasteiger partial charge >= 0.3 is 0 Å². The van der Waals surface area contributed by atoms with Crippen molar-refractivity contribution in [3.63, 3.8) is 0 Å². The van der Waals surface area contributed by atoms with Crippen molar-refractivity contribution in [1.29, 1.82) is 0 Å². The van der Waals surface area contributed by atoms with Gasteiger partial charge in [0.2, 0.25) is 0 Å². The Morgan fingerprint density at radius 2 is 2.00 bits per heavy atom. The Morgan fingerprint density at radius 1 is 1.23 bits per heavy atom. The molecule has 8 heteroatoms. The van der Waals surface area contributed by atoms with E-state index in [-0.39, 0.29) is 16.7 Å². The van der Waals surface area contributed by atoms with Gasteiger partial charge in [-0.15, -0.1) is 11.8 Å². The van der Waals surface area contributed by atoms with Crippen LogP contribution in [0.5, 0.6) is 0 Å². The second-order valence-corrected chi connectivity index (χ2v) is 6.97. The molecular formula is C18H17N5O2S. The maximum Gasteiger partial charge on any atom is 0.269 e. The Labute approximate surface area is 154 Å². The molecule has 0 amide bonds. The molecule has 0 bridgehead atoms. The number of fused-ring (bicyclic) bond motifs is 1. The SMILES string of the molecule is CCN1CSc2cc(C(c3ccc([N+](=O)[O-])cc3)n3cncn3)ccc21. The third-order valence-electron chi connectivity index (χ3n) is 4.52. The lowest BCUT2D eigenvalue weighted by molar-refractivity contribution is -0.384. The standard InChI is InChI=1S/C18H17N5O2S/c1-2-21-12-26-17-9-14(5-8-16(17)21)18(22-11-19-10-20-22)13-3-6-15(7-4-13)23(24)25/h3-11,18H,2,12H2,1H3. The van der Waals surface area contributed by atoms with Crippen molar-refractivity contribution in [2.75, 3.05) is 17.3 Å². The lowest BCUT2D eigenvalue weighted by atomic mass is 9.98. The summed E-state index contributed by atoms with van der Waals surface area (Å²) < 4.78 is 1.78. The van der Waals surface area contributed by atoms with Gasteiger partial charge in [-0.05, 0) is 42.3 Å². The maximum atomic E-state index is 10.9. The Hall–Kier alpha value is -2.87. The second kappa shape index (κ2) is 6.80. The molecule has 4 rings (SSSR count). The zero-order chi connectivity index (χ0) is 18.1. The van der Waals surface area contributed by atoms with Crippen molar-refractivity contribution in [1.82, 2.24) is 14.8 Å². The average molecular weight is 367 g/mol. The Balaban J connectivity index is 1.77. The molecule has 1 aliphatic rings. The van der Waals surface area contributed by atoms with Gasteiger partial charge in [0, 0.05) is 23.6 Å². The second-order valence-electron chi connectivity index (χ2n) is 5.98. The first kappa shape index (κ1) is 16.6. The molecule has 0 spiro atoms. The van der Waals surface area contributed by atoms with E-state index < -0.39 is 0 Å². The number of nitrogens with zero attached hydrogens (tertiary/aromatic N) is 5. The minimum absolute atomic E-state index is 0.0780. The number of aromatic nitrogens is 3. The molecule has 2 aromatic carbocycles. The fourth-order valence-corrected chi connectivity index (χ4v) is 4.36. The van der Waals surface area contributed by atoms with Crippen molar-refractivity contribution in [2.24, 2.45) is 0 Å². The van der Waals surface area contributed by atoms with Gasteiger partial charge in [-0.1, -0.05) is 6.07 Å². The predicted molar refractivity (Wildman–Crippen MR) is 101 cm³/mol. The molecule has 0 saturated heterocycles. The number of anilines is 1. The fourth-order valence-electron chi connectivity index (χ4n) is 3.18. The summed E-state index contributed by atoms with van der Waals surface area (Å²) in [5, 5.41) is 15.2. The van der Waals surface area contributed by atoms with Gasteiger partial charge in [0.1, 0.15) is 18.7 Å². The third-order valence-corrected chi connectivity index (χ3v) is 5.60. The summed E-state index contributed by atoms with van der Waals surface area (Å²) in [6.07, 6.45) is 3.17.